The summed E-state index contributed by atoms with van der Waals surface area (Å²) in [4.78, 5) is 24.0. The number of ether oxygens (including phenoxy) is 1. The lowest BCUT2D eigenvalue weighted by Gasteiger charge is -2.16. The first-order valence-corrected chi connectivity index (χ1v) is 6.37. The summed E-state index contributed by atoms with van der Waals surface area (Å²) in [7, 11) is 1.32. The lowest BCUT2D eigenvalue weighted by Crippen LogP contribution is -2.37. The highest BCUT2D eigenvalue weighted by atomic mass is 35.5. The molecule has 0 saturated carbocycles. The van der Waals surface area contributed by atoms with E-state index in [0.29, 0.717) is 22.2 Å². The molecule has 0 aromatic heterocycles. The fourth-order valence-corrected chi connectivity index (χ4v) is 1.45. The molecule has 1 rings (SSSR count). The van der Waals surface area contributed by atoms with E-state index < -0.39 is 12.1 Å². The average Bonchev–Trinajstić information content (AvgIpc) is 2.39. The molecule has 0 heterocycles. The van der Waals surface area contributed by atoms with Crippen molar-refractivity contribution >= 4 is 41.0 Å². The predicted molar refractivity (Wildman–Crippen MR) is 74.9 cm³/mol. The van der Waals surface area contributed by atoms with E-state index in [0.717, 1.165) is 4.90 Å². The van der Waals surface area contributed by atoms with Gasteiger partial charge in [-0.05, 0) is 24.6 Å². The number of amides is 3. The number of rotatable bonds is 3. The molecule has 0 saturated heterocycles. The molecule has 0 aliphatic heterocycles. The molecule has 104 valence electrons. The minimum atomic E-state index is -0.709. The normalized spacial score (nSPS) is 9.89. The number of nitrogens with zero attached hydrogens (tertiary/aromatic N) is 1. The SMILES string of the molecule is CCCOC(=O)N(C)C(=O)Nc1ccc(Cl)c(Cl)c1. The highest BCUT2D eigenvalue weighted by Crippen LogP contribution is 2.25. The molecule has 19 heavy (non-hydrogen) atoms. The number of imide groups is 1. The molecule has 0 unspecified atom stereocenters. The summed E-state index contributed by atoms with van der Waals surface area (Å²) >= 11 is 11.6. The van der Waals surface area contributed by atoms with Gasteiger partial charge in [-0.1, -0.05) is 30.1 Å². The first kappa shape index (κ1) is 15.6. The van der Waals surface area contributed by atoms with E-state index in [-0.39, 0.29) is 6.61 Å². The number of hydrogen-bond acceptors (Lipinski definition) is 3. The van der Waals surface area contributed by atoms with E-state index in [1.54, 1.807) is 12.1 Å². The summed E-state index contributed by atoms with van der Waals surface area (Å²) in [5, 5.41) is 3.21. The van der Waals surface area contributed by atoms with Crippen LogP contribution in [0.5, 0.6) is 0 Å². The highest BCUT2D eigenvalue weighted by molar-refractivity contribution is 6.42. The molecule has 1 N–H and O–H groups in total. The van der Waals surface area contributed by atoms with Crippen LogP contribution in [0.3, 0.4) is 0 Å². The number of carbonyl (C=O) groups is 2. The smallest absolute Gasteiger partial charge is 0.417 e. The van der Waals surface area contributed by atoms with Gasteiger partial charge in [-0.15, -0.1) is 0 Å². The quantitative estimate of drug-likeness (QED) is 0.918. The number of urea groups is 1. The van der Waals surface area contributed by atoms with Gasteiger partial charge in [-0.2, -0.15) is 0 Å². The van der Waals surface area contributed by atoms with Gasteiger partial charge in [-0.3, -0.25) is 0 Å². The molecule has 1 aromatic carbocycles. The second-order valence-electron chi connectivity index (χ2n) is 3.73. The van der Waals surface area contributed by atoms with Gasteiger partial charge >= 0.3 is 12.1 Å². The average molecular weight is 305 g/mol. The number of nitrogens with one attached hydrogen (secondary N) is 1. The maximum absolute atomic E-state index is 11.8. The molecule has 0 bridgehead atoms. The van der Waals surface area contributed by atoms with E-state index in [1.165, 1.54) is 13.1 Å². The Morgan fingerprint density at radius 2 is 2.00 bits per heavy atom. The fraction of sp³-hybridized carbons (Fsp3) is 0.333. The Bertz CT molecular complexity index is 480. The van der Waals surface area contributed by atoms with Crippen LogP contribution in [0.4, 0.5) is 15.3 Å². The summed E-state index contributed by atoms with van der Waals surface area (Å²) in [5.41, 5.74) is 0.439. The lowest BCUT2D eigenvalue weighted by molar-refractivity contribution is 0.119. The first-order chi connectivity index (χ1) is 8.95. The van der Waals surface area contributed by atoms with Crippen molar-refractivity contribution in [1.82, 2.24) is 4.90 Å². The largest absolute Gasteiger partial charge is 0.449 e. The molecule has 0 aliphatic carbocycles. The molecule has 7 heteroatoms. The third-order valence-corrected chi connectivity index (χ3v) is 2.92. The van der Waals surface area contributed by atoms with Gasteiger partial charge in [0.15, 0.2) is 0 Å². The van der Waals surface area contributed by atoms with Gasteiger partial charge in [0.05, 0.1) is 16.7 Å². The number of hydrogen-bond donors (Lipinski definition) is 1. The van der Waals surface area contributed by atoms with E-state index in [9.17, 15) is 9.59 Å². The van der Waals surface area contributed by atoms with Crippen LogP contribution in [0.2, 0.25) is 10.0 Å². The summed E-state index contributed by atoms with van der Waals surface area (Å²) in [6, 6.07) is 4.01. The molecule has 0 atom stereocenters. The highest BCUT2D eigenvalue weighted by Gasteiger charge is 2.18. The summed E-state index contributed by atoms with van der Waals surface area (Å²) in [6.07, 6.45) is -0.0204. The second-order valence-corrected chi connectivity index (χ2v) is 4.55. The summed E-state index contributed by atoms with van der Waals surface area (Å²) < 4.78 is 4.83. The lowest BCUT2D eigenvalue weighted by atomic mass is 10.3. The van der Waals surface area contributed by atoms with Crippen LogP contribution >= 0.6 is 23.2 Å². The molecule has 0 radical (unpaired) electrons. The second kappa shape index (κ2) is 7.21. The zero-order valence-electron chi connectivity index (χ0n) is 10.6. The van der Waals surface area contributed by atoms with E-state index >= 15 is 0 Å². The molecule has 0 aliphatic rings. The van der Waals surface area contributed by atoms with Crippen LogP contribution in [0.1, 0.15) is 13.3 Å². The van der Waals surface area contributed by atoms with E-state index in [1.807, 2.05) is 6.92 Å². The van der Waals surface area contributed by atoms with E-state index in [4.69, 9.17) is 27.9 Å². The van der Waals surface area contributed by atoms with Crippen LogP contribution in [0.15, 0.2) is 18.2 Å². The van der Waals surface area contributed by atoms with Gasteiger partial charge in [-0.25, -0.2) is 14.5 Å². The van der Waals surface area contributed by atoms with Crippen molar-refractivity contribution in [2.75, 3.05) is 19.0 Å². The molecule has 3 amide bonds. The van der Waals surface area contributed by atoms with Gasteiger partial charge in [0.1, 0.15) is 0 Å². The Hall–Kier alpha value is -1.46. The monoisotopic (exact) mass is 304 g/mol. The Morgan fingerprint density at radius 1 is 1.32 bits per heavy atom. The third kappa shape index (κ3) is 4.61. The minimum absolute atomic E-state index is 0.267. The van der Waals surface area contributed by atoms with E-state index in [2.05, 4.69) is 5.32 Å². The minimum Gasteiger partial charge on any atom is -0.449 e. The van der Waals surface area contributed by atoms with Crippen molar-refractivity contribution in [3.63, 3.8) is 0 Å². The zero-order valence-corrected chi connectivity index (χ0v) is 12.1. The van der Waals surface area contributed by atoms with Gasteiger partial charge in [0.25, 0.3) is 0 Å². The summed E-state index contributed by atoms with van der Waals surface area (Å²) in [5.74, 6) is 0. The Kier molecular flexibility index (Phi) is 5.92. The van der Waals surface area contributed by atoms with Gasteiger partial charge in [0, 0.05) is 12.7 Å². The fourth-order valence-electron chi connectivity index (χ4n) is 1.15. The topological polar surface area (TPSA) is 58.6 Å². The Morgan fingerprint density at radius 3 is 2.58 bits per heavy atom. The van der Waals surface area contributed by atoms with Crippen molar-refractivity contribution in [3.8, 4) is 0 Å². The predicted octanol–water partition coefficient (Wildman–Crippen LogP) is 4.00. The first-order valence-electron chi connectivity index (χ1n) is 5.62. The maximum Gasteiger partial charge on any atom is 0.417 e. The maximum atomic E-state index is 11.8. The number of carbonyl (C=O) groups excluding carboxylic acids is 2. The molecule has 5 nitrogen and oxygen atoms in total. The molecule has 0 fully saturated rings. The Labute approximate surface area is 121 Å². The third-order valence-electron chi connectivity index (χ3n) is 2.18. The van der Waals surface area contributed by atoms with Crippen molar-refractivity contribution < 1.29 is 14.3 Å². The van der Waals surface area contributed by atoms with Crippen molar-refractivity contribution in [2.24, 2.45) is 0 Å². The van der Waals surface area contributed by atoms with Gasteiger partial charge in [0.2, 0.25) is 0 Å². The van der Waals surface area contributed by atoms with Crippen LogP contribution < -0.4 is 5.32 Å². The van der Waals surface area contributed by atoms with Crippen LogP contribution in [0, 0.1) is 0 Å². The zero-order chi connectivity index (χ0) is 14.4. The van der Waals surface area contributed by atoms with Crippen molar-refractivity contribution in [1.29, 1.82) is 0 Å². The van der Waals surface area contributed by atoms with Gasteiger partial charge < -0.3 is 10.1 Å². The number of benzene rings is 1. The Balaban J connectivity index is 2.63. The number of halogens is 2. The molecule has 0 spiro atoms. The van der Waals surface area contributed by atoms with Crippen LogP contribution in [0.25, 0.3) is 0 Å². The standard InChI is InChI=1S/C12H14Cl2N2O3/c1-3-6-19-12(18)16(2)11(17)15-8-4-5-9(13)10(14)7-8/h4-5,7H,3,6H2,1-2H3,(H,15,17). The molecule has 1 aromatic rings. The number of anilines is 1. The van der Waals surface area contributed by atoms with Crippen molar-refractivity contribution in [2.45, 2.75) is 13.3 Å². The van der Waals surface area contributed by atoms with Crippen molar-refractivity contribution in [3.05, 3.63) is 28.2 Å². The molecular formula is C12H14Cl2N2O3. The van der Waals surface area contributed by atoms with Crippen LogP contribution in [-0.4, -0.2) is 30.7 Å². The van der Waals surface area contributed by atoms with Crippen LogP contribution in [-0.2, 0) is 4.74 Å². The molecular weight excluding hydrogens is 291 g/mol. The summed E-state index contributed by atoms with van der Waals surface area (Å²) in [6.45, 7) is 2.13.